The fraction of sp³-hybridized carbons (Fsp3) is 0.400. The van der Waals surface area contributed by atoms with E-state index in [1.165, 1.54) is 6.07 Å². The smallest absolute Gasteiger partial charge is 0.305 e. The molecule has 0 aliphatic carbocycles. The summed E-state index contributed by atoms with van der Waals surface area (Å²) in [4.78, 5) is 9.86. The fourth-order valence-electron chi connectivity index (χ4n) is 1.83. The van der Waals surface area contributed by atoms with E-state index in [9.17, 15) is 14.5 Å². The molecule has 0 atom stereocenters. The van der Waals surface area contributed by atoms with Gasteiger partial charge in [0.2, 0.25) is 5.82 Å². The molecule has 1 aliphatic heterocycles. The standard InChI is InChI=1S/C10H11FN2O2/c11-10-8-6-12-5-1-2-7(8)3-4-9(10)13(14)15/h3-4,12H,1-2,5-6H2. The van der Waals surface area contributed by atoms with Crippen LogP contribution < -0.4 is 5.32 Å². The van der Waals surface area contributed by atoms with Crippen LogP contribution >= 0.6 is 0 Å². The number of hydrogen-bond acceptors (Lipinski definition) is 3. The predicted octanol–water partition coefficient (Wildman–Crippen LogP) is 1.77. The van der Waals surface area contributed by atoms with E-state index in [1.54, 1.807) is 6.07 Å². The molecule has 2 rings (SSSR count). The van der Waals surface area contributed by atoms with Crippen molar-refractivity contribution in [1.82, 2.24) is 5.32 Å². The van der Waals surface area contributed by atoms with E-state index in [-0.39, 0.29) is 0 Å². The van der Waals surface area contributed by atoms with Gasteiger partial charge in [-0.15, -0.1) is 0 Å². The first-order valence-corrected chi connectivity index (χ1v) is 4.85. The van der Waals surface area contributed by atoms with Crippen LogP contribution in [0.15, 0.2) is 12.1 Å². The molecule has 1 aromatic carbocycles. The molecule has 0 aromatic heterocycles. The molecular weight excluding hydrogens is 199 g/mol. The van der Waals surface area contributed by atoms with Gasteiger partial charge in [0.05, 0.1) is 4.92 Å². The lowest BCUT2D eigenvalue weighted by atomic mass is 10.0. The molecular formula is C10H11FN2O2. The van der Waals surface area contributed by atoms with Crippen LogP contribution in [0, 0.1) is 15.9 Å². The Morgan fingerprint density at radius 3 is 3.00 bits per heavy atom. The second-order valence-corrected chi connectivity index (χ2v) is 3.57. The van der Waals surface area contributed by atoms with Gasteiger partial charge in [0.1, 0.15) is 0 Å². The summed E-state index contributed by atoms with van der Waals surface area (Å²) in [7, 11) is 0. The van der Waals surface area contributed by atoms with Gasteiger partial charge in [-0.3, -0.25) is 10.1 Å². The highest BCUT2D eigenvalue weighted by Crippen LogP contribution is 2.25. The number of nitro groups is 1. The zero-order valence-electron chi connectivity index (χ0n) is 8.12. The van der Waals surface area contributed by atoms with E-state index >= 15 is 0 Å². The van der Waals surface area contributed by atoms with Crippen LogP contribution in [0.5, 0.6) is 0 Å². The molecule has 0 radical (unpaired) electrons. The molecule has 0 saturated heterocycles. The van der Waals surface area contributed by atoms with Crippen LogP contribution in [0.2, 0.25) is 0 Å². The number of hydrogen-bond donors (Lipinski definition) is 1. The SMILES string of the molecule is O=[N+]([O-])c1ccc2c(c1F)CNCCC2. The average Bonchev–Trinajstić information content (AvgIpc) is 2.43. The number of nitro benzene ring substituents is 1. The van der Waals surface area contributed by atoms with Gasteiger partial charge in [-0.05, 0) is 24.9 Å². The van der Waals surface area contributed by atoms with Gasteiger partial charge in [-0.25, -0.2) is 0 Å². The maximum atomic E-state index is 13.7. The Balaban J connectivity index is 2.50. The van der Waals surface area contributed by atoms with Crippen LogP contribution in [0.25, 0.3) is 0 Å². The summed E-state index contributed by atoms with van der Waals surface area (Å²) in [6, 6.07) is 2.91. The van der Waals surface area contributed by atoms with Crippen molar-refractivity contribution in [2.75, 3.05) is 6.54 Å². The summed E-state index contributed by atoms with van der Waals surface area (Å²) >= 11 is 0. The molecule has 0 amide bonds. The lowest BCUT2D eigenvalue weighted by Gasteiger charge is -2.06. The molecule has 1 aromatic rings. The van der Waals surface area contributed by atoms with Crippen molar-refractivity contribution in [1.29, 1.82) is 0 Å². The summed E-state index contributed by atoms with van der Waals surface area (Å²) in [6.07, 6.45) is 1.71. The third kappa shape index (κ3) is 1.83. The first-order valence-electron chi connectivity index (χ1n) is 4.85. The highest BCUT2D eigenvalue weighted by atomic mass is 19.1. The van der Waals surface area contributed by atoms with Gasteiger partial charge >= 0.3 is 5.69 Å². The van der Waals surface area contributed by atoms with Crippen LogP contribution in [-0.4, -0.2) is 11.5 Å². The summed E-state index contributed by atoms with van der Waals surface area (Å²) in [5, 5.41) is 13.6. The molecule has 1 N–H and O–H groups in total. The summed E-state index contributed by atoms with van der Waals surface area (Å²) in [5.74, 6) is -0.688. The van der Waals surface area contributed by atoms with E-state index < -0.39 is 16.4 Å². The minimum atomic E-state index is -0.688. The number of halogens is 1. The van der Waals surface area contributed by atoms with Crippen molar-refractivity contribution in [3.8, 4) is 0 Å². The number of nitrogens with zero attached hydrogens (tertiary/aromatic N) is 1. The van der Waals surface area contributed by atoms with Gasteiger partial charge in [0.15, 0.2) is 0 Å². The molecule has 15 heavy (non-hydrogen) atoms. The number of fused-ring (bicyclic) bond motifs is 1. The third-order valence-corrected chi connectivity index (χ3v) is 2.62. The number of nitrogens with one attached hydrogen (secondary N) is 1. The number of rotatable bonds is 1. The van der Waals surface area contributed by atoms with Crippen molar-refractivity contribution in [3.05, 3.63) is 39.2 Å². The summed E-state index contributed by atoms with van der Waals surface area (Å²) in [5.41, 5.74) is 0.891. The zero-order valence-corrected chi connectivity index (χ0v) is 8.12. The molecule has 0 spiro atoms. The van der Waals surface area contributed by atoms with Crippen molar-refractivity contribution >= 4 is 5.69 Å². The van der Waals surface area contributed by atoms with Gasteiger partial charge in [0, 0.05) is 18.2 Å². The second kappa shape index (κ2) is 3.94. The normalized spacial score (nSPS) is 15.5. The van der Waals surface area contributed by atoms with Crippen molar-refractivity contribution in [2.45, 2.75) is 19.4 Å². The Morgan fingerprint density at radius 2 is 2.27 bits per heavy atom. The number of benzene rings is 1. The van der Waals surface area contributed by atoms with Crippen molar-refractivity contribution in [2.24, 2.45) is 0 Å². The van der Waals surface area contributed by atoms with Crippen LogP contribution in [0.4, 0.5) is 10.1 Å². The highest BCUT2D eigenvalue weighted by Gasteiger charge is 2.21. The predicted molar refractivity (Wildman–Crippen MR) is 53.1 cm³/mol. The summed E-state index contributed by atoms with van der Waals surface area (Å²) in [6.45, 7) is 1.20. The molecule has 1 heterocycles. The molecule has 4 nitrogen and oxygen atoms in total. The van der Waals surface area contributed by atoms with Gasteiger partial charge in [0.25, 0.3) is 0 Å². The van der Waals surface area contributed by atoms with E-state index in [4.69, 9.17) is 0 Å². The molecule has 5 heteroatoms. The Morgan fingerprint density at radius 1 is 1.47 bits per heavy atom. The van der Waals surface area contributed by atoms with Gasteiger partial charge in [-0.1, -0.05) is 6.07 Å². The van der Waals surface area contributed by atoms with Crippen molar-refractivity contribution in [3.63, 3.8) is 0 Å². The highest BCUT2D eigenvalue weighted by molar-refractivity contribution is 5.42. The second-order valence-electron chi connectivity index (χ2n) is 3.57. The molecule has 0 unspecified atom stereocenters. The van der Waals surface area contributed by atoms with Gasteiger partial charge < -0.3 is 5.32 Å². The van der Waals surface area contributed by atoms with E-state index in [0.717, 1.165) is 24.9 Å². The largest absolute Gasteiger partial charge is 0.313 e. The monoisotopic (exact) mass is 210 g/mol. The summed E-state index contributed by atoms with van der Waals surface area (Å²) < 4.78 is 13.7. The maximum Gasteiger partial charge on any atom is 0.305 e. The Labute approximate surface area is 86.3 Å². The Bertz CT molecular complexity index is 407. The number of aryl methyl sites for hydroxylation is 1. The Hall–Kier alpha value is -1.49. The van der Waals surface area contributed by atoms with E-state index in [1.807, 2.05) is 0 Å². The molecule has 0 bridgehead atoms. The third-order valence-electron chi connectivity index (χ3n) is 2.62. The van der Waals surface area contributed by atoms with Crippen LogP contribution in [0.1, 0.15) is 17.5 Å². The van der Waals surface area contributed by atoms with Crippen LogP contribution in [0.3, 0.4) is 0 Å². The van der Waals surface area contributed by atoms with Crippen molar-refractivity contribution < 1.29 is 9.31 Å². The fourth-order valence-corrected chi connectivity index (χ4v) is 1.83. The Kier molecular flexibility index (Phi) is 2.64. The van der Waals surface area contributed by atoms with Crippen LogP contribution in [-0.2, 0) is 13.0 Å². The minimum absolute atomic E-state index is 0.378. The zero-order chi connectivity index (χ0) is 10.8. The lowest BCUT2D eigenvalue weighted by molar-refractivity contribution is -0.387. The maximum absolute atomic E-state index is 13.7. The topological polar surface area (TPSA) is 55.2 Å². The van der Waals surface area contributed by atoms with E-state index in [2.05, 4.69) is 5.32 Å². The average molecular weight is 210 g/mol. The minimum Gasteiger partial charge on any atom is -0.313 e. The molecule has 80 valence electrons. The first kappa shape index (κ1) is 10.0. The lowest BCUT2D eigenvalue weighted by Crippen LogP contribution is -2.13. The molecule has 1 aliphatic rings. The van der Waals surface area contributed by atoms with Gasteiger partial charge in [-0.2, -0.15) is 4.39 Å². The molecule has 0 saturated carbocycles. The quantitative estimate of drug-likeness (QED) is 0.567. The molecule has 0 fully saturated rings. The van der Waals surface area contributed by atoms with E-state index in [0.29, 0.717) is 12.1 Å². The first-order chi connectivity index (χ1) is 7.20.